The molecule has 1 saturated heterocycles. The van der Waals surface area contributed by atoms with E-state index in [-0.39, 0.29) is 17.5 Å². The Morgan fingerprint density at radius 1 is 1.39 bits per heavy atom. The molecule has 1 aliphatic rings. The second-order valence-electron chi connectivity index (χ2n) is 4.56. The van der Waals surface area contributed by atoms with Crippen molar-refractivity contribution in [2.45, 2.75) is 44.2 Å². The average molecular weight is 275 g/mol. The van der Waals surface area contributed by atoms with Gasteiger partial charge in [0.2, 0.25) is 0 Å². The molecule has 0 aromatic rings. The topological polar surface area (TPSA) is 52.2 Å². The molecule has 3 unspecified atom stereocenters. The van der Waals surface area contributed by atoms with E-state index in [0.29, 0.717) is 0 Å². The summed E-state index contributed by atoms with van der Waals surface area (Å²) >= 11 is 0. The second kappa shape index (κ2) is 6.27. The zero-order valence-corrected chi connectivity index (χ0v) is 13.0. The summed E-state index contributed by atoms with van der Waals surface area (Å²) in [5.41, 5.74) is -0.319. The lowest BCUT2D eigenvalue weighted by atomic mass is 10.2. The Labute approximate surface area is 111 Å². The van der Waals surface area contributed by atoms with Gasteiger partial charge in [-0.3, -0.25) is 5.32 Å². The number of nitrogens with one attached hydrogen (secondary N) is 1. The van der Waals surface area contributed by atoms with Crippen molar-refractivity contribution < 1.29 is 18.0 Å². The largest absolute Gasteiger partial charge is 0.518 e. The third kappa shape index (κ3) is 3.01. The summed E-state index contributed by atoms with van der Waals surface area (Å²) in [5, 5.41) is 3.46. The quantitative estimate of drug-likeness (QED) is 0.392. The van der Waals surface area contributed by atoms with Crippen molar-refractivity contribution in [3.8, 4) is 0 Å². The SMILES string of the molecule is C=CCC1OC1(C)NC(CC)[Si](OC)(OC)OC. The first-order valence-electron chi connectivity index (χ1n) is 6.23. The molecule has 1 aliphatic heterocycles. The first kappa shape index (κ1) is 15.8. The van der Waals surface area contributed by atoms with Gasteiger partial charge in [-0.25, -0.2) is 0 Å². The molecule has 0 amide bonds. The van der Waals surface area contributed by atoms with E-state index in [1.165, 1.54) is 0 Å². The van der Waals surface area contributed by atoms with Crippen LogP contribution in [0.4, 0.5) is 0 Å². The Hall–Kier alpha value is -0.243. The number of hydrogen-bond donors (Lipinski definition) is 1. The van der Waals surface area contributed by atoms with E-state index in [4.69, 9.17) is 18.0 Å². The number of epoxide rings is 1. The standard InChI is InChI=1S/C12H25NO4Si/c1-7-9-10-12(3,17-10)13-11(8-2)18(14-4,15-5)16-6/h7,10-11,13H,1,8-9H2,2-6H3. The molecule has 0 radical (unpaired) electrons. The molecule has 1 rings (SSSR count). The molecule has 5 nitrogen and oxygen atoms in total. The first-order chi connectivity index (χ1) is 8.51. The number of hydrogen-bond acceptors (Lipinski definition) is 5. The van der Waals surface area contributed by atoms with Gasteiger partial charge in [0.05, 0.1) is 5.67 Å². The minimum Gasteiger partial charge on any atom is -0.376 e. The molecule has 106 valence electrons. The fourth-order valence-corrected chi connectivity index (χ4v) is 4.59. The van der Waals surface area contributed by atoms with Crippen molar-refractivity contribution in [2.24, 2.45) is 0 Å². The van der Waals surface area contributed by atoms with Crippen LogP contribution < -0.4 is 5.32 Å². The van der Waals surface area contributed by atoms with Gasteiger partial charge in [0.1, 0.15) is 11.8 Å². The van der Waals surface area contributed by atoms with Crippen molar-refractivity contribution >= 4 is 8.80 Å². The molecular weight excluding hydrogens is 250 g/mol. The third-order valence-corrected chi connectivity index (χ3v) is 6.59. The molecule has 0 saturated carbocycles. The maximum absolute atomic E-state index is 5.68. The Balaban J connectivity index is 2.70. The van der Waals surface area contributed by atoms with Crippen molar-refractivity contribution in [1.29, 1.82) is 0 Å². The fourth-order valence-electron chi connectivity index (χ4n) is 2.28. The minimum absolute atomic E-state index is 0.0114. The van der Waals surface area contributed by atoms with Gasteiger partial charge in [0.25, 0.3) is 0 Å². The van der Waals surface area contributed by atoms with Crippen molar-refractivity contribution in [3.63, 3.8) is 0 Å². The van der Waals surface area contributed by atoms with Gasteiger partial charge in [-0.1, -0.05) is 13.0 Å². The van der Waals surface area contributed by atoms with E-state index >= 15 is 0 Å². The fraction of sp³-hybridized carbons (Fsp3) is 0.833. The molecule has 0 spiro atoms. The lowest BCUT2D eigenvalue weighted by Crippen LogP contribution is -2.62. The Morgan fingerprint density at radius 3 is 2.33 bits per heavy atom. The molecule has 3 atom stereocenters. The van der Waals surface area contributed by atoms with E-state index in [2.05, 4.69) is 18.8 Å². The van der Waals surface area contributed by atoms with Crippen LogP contribution in [0.25, 0.3) is 0 Å². The molecule has 0 aliphatic carbocycles. The normalized spacial score (nSPS) is 29.1. The van der Waals surface area contributed by atoms with E-state index in [1.54, 1.807) is 21.3 Å². The van der Waals surface area contributed by atoms with Gasteiger partial charge >= 0.3 is 8.80 Å². The lowest BCUT2D eigenvalue weighted by molar-refractivity contribution is 0.0979. The summed E-state index contributed by atoms with van der Waals surface area (Å²) in [6.07, 6.45) is 3.72. The number of ether oxygens (including phenoxy) is 1. The summed E-state index contributed by atoms with van der Waals surface area (Å²) < 4.78 is 22.2. The van der Waals surface area contributed by atoms with Crippen molar-refractivity contribution in [3.05, 3.63) is 12.7 Å². The van der Waals surface area contributed by atoms with Crippen LogP contribution in [-0.2, 0) is 18.0 Å². The zero-order chi connectivity index (χ0) is 13.8. The molecule has 18 heavy (non-hydrogen) atoms. The lowest BCUT2D eigenvalue weighted by Gasteiger charge is -2.33. The predicted octanol–water partition coefficient (Wildman–Crippen LogP) is 1.46. The second-order valence-corrected chi connectivity index (χ2v) is 7.69. The Kier molecular flexibility index (Phi) is 5.51. The molecule has 0 bridgehead atoms. The van der Waals surface area contributed by atoms with E-state index in [9.17, 15) is 0 Å². The molecule has 0 aromatic heterocycles. The molecule has 1 heterocycles. The predicted molar refractivity (Wildman–Crippen MR) is 72.1 cm³/mol. The maximum atomic E-state index is 5.68. The molecule has 6 heteroatoms. The van der Waals surface area contributed by atoms with Crippen molar-refractivity contribution in [1.82, 2.24) is 5.32 Å². The van der Waals surface area contributed by atoms with Crippen LogP contribution in [0.3, 0.4) is 0 Å². The van der Waals surface area contributed by atoms with Gasteiger partial charge in [0.15, 0.2) is 0 Å². The van der Waals surface area contributed by atoms with Crippen LogP contribution >= 0.6 is 0 Å². The van der Waals surface area contributed by atoms with E-state index in [1.807, 2.05) is 13.0 Å². The first-order valence-corrected chi connectivity index (χ1v) is 8.04. The monoisotopic (exact) mass is 275 g/mol. The smallest absolute Gasteiger partial charge is 0.376 e. The number of rotatable bonds is 9. The summed E-state index contributed by atoms with van der Waals surface area (Å²) in [6.45, 7) is 7.84. The van der Waals surface area contributed by atoms with Crippen molar-refractivity contribution in [2.75, 3.05) is 21.3 Å². The average Bonchev–Trinajstić information content (AvgIpc) is 3.01. The highest BCUT2D eigenvalue weighted by Gasteiger charge is 2.57. The van der Waals surface area contributed by atoms with E-state index < -0.39 is 8.80 Å². The van der Waals surface area contributed by atoms with Crippen LogP contribution in [-0.4, -0.2) is 47.6 Å². The van der Waals surface area contributed by atoms with Crippen LogP contribution in [0.2, 0.25) is 0 Å². The van der Waals surface area contributed by atoms with Crippen LogP contribution in [0.15, 0.2) is 12.7 Å². The van der Waals surface area contributed by atoms with Gasteiger partial charge in [-0.05, 0) is 19.8 Å². The Morgan fingerprint density at radius 2 is 1.94 bits per heavy atom. The van der Waals surface area contributed by atoms with Gasteiger partial charge < -0.3 is 18.0 Å². The Bertz CT molecular complexity index is 277. The summed E-state index contributed by atoms with van der Waals surface area (Å²) in [6, 6.07) is 0. The van der Waals surface area contributed by atoms with Gasteiger partial charge in [0, 0.05) is 21.3 Å². The van der Waals surface area contributed by atoms with Crippen LogP contribution in [0, 0.1) is 0 Å². The molecule has 0 aromatic carbocycles. The molecule has 1 N–H and O–H groups in total. The van der Waals surface area contributed by atoms with Crippen LogP contribution in [0.5, 0.6) is 0 Å². The third-order valence-electron chi connectivity index (χ3n) is 3.47. The highest BCUT2D eigenvalue weighted by molar-refractivity contribution is 6.62. The molecular formula is C12H25NO4Si. The summed E-state index contributed by atoms with van der Waals surface area (Å²) in [7, 11) is 2.19. The molecule has 1 fully saturated rings. The van der Waals surface area contributed by atoms with E-state index in [0.717, 1.165) is 12.8 Å². The summed E-state index contributed by atoms with van der Waals surface area (Å²) in [4.78, 5) is 0. The van der Waals surface area contributed by atoms with Crippen LogP contribution in [0.1, 0.15) is 26.7 Å². The highest BCUT2D eigenvalue weighted by Crippen LogP contribution is 2.37. The maximum Gasteiger partial charge on any atom is 0.518 e. The van der Waals surface area contributed by atoms with Gasteiger partial charge in [-0.15, -0.1) is 6.58 Å². The highest BCUT2D eigenvalue weighted by atomic mass is 28.4. The minimum atomic E-state index is -2.69. The van der Waals surface area contributed by atoms with Gasteiger partial charge in [-0.2, -0.15) is 0 Å². The zero-order valence-electron chi connectivity index (χ0n) is 12.0. The summed E-state index contributed by atoms with van der Waals surface area (Å²) in [5.74, 6) is 0.